The van der Waals surface area contributed by atoms with Crippen LogP contribution in [-0.4, -0.2) is 31.1 Å². The topological polar surface area (TPSA) is 12.5 Å². The van der Waals surface area contributed by atoms with Crippen molar-refractivity contribution in [2.45, 2.75) is 56.5 Å². The number of benzene rings is 2. The monoisotopic (exact) mass is 485 g/mol. The van der Waals surface area contributed by atoms with Gasteiger partial charge in [-0.2, -0.15) is 26.3 Å². The van der Waals surface area contributed by atoms with Crippen molar-refractivity contribution in [2.24, 2.45) is 5.92 Å². The first-order chi connectivity index (χ1) is 16.1. The first kappa shape index (κ1) is 25.0. The van der Waals surface area contributed by atoms with Gasteiger partial charge in [0.1, 0.15) is 0 Å². The van der Waals surface area contributed by atoms with Gasteiger partial charge in [0, 0.05) is 12.0 Å². The molecule has 1 aliphatic carbocycles. The highest BCUT2D eigenvalue weighted by Gasteiger charge is 2.38. The van der Waals surface area contributed by atoms with Gasteiger partial charge in [0.25, 0.3) is 0 Å². The third-order valence-corrected chi connectivity index (χ3v) is 6.93. The minimum atomic E-state index is -4.87. The summed E-state index contributed by atoms with van der Waals surface area (Å²) < 4.78 is 85.1. The number of likely N-dealkylation sites (tertiary alicyclic amines) is 1. The summed E-state index contributed by atoms with van der Waals surface area (Å²) in [7, 11) is 0. The molecule has 1 unspecified atom stereocenters. The van der Waals surface area contributed by atoms with Gasteiger partial charge in [0.15, 0.2) is 0 Å². The van der Waals surface area contributed by atoms with Crippen molar-refractivity contribution in [3.63, 3.8) is 0 Å². The fourth-order valence-electron chi connectivity index (χ4n) is 4.87. The molecule has 186 valence electrons. The smallest absolute Gasteiger partial charge is 0.376 e. The van der Waals surface area contributed by atoms with E-state index in [0.717, 1.165) is 62.5 Å². The molecule has 2 aromatic rings. The van der Waals surface area contributed by atoms with Gasteiger partial charge in [0.05, 0.1) is 24.3 Å². The van der Waals surface area contributed by atoms with Crippen molar-refractivity contribution in [1.29, 1.82) is 0 Å². The van der Waals surface area contributed by atoms with Crippen LogP contribution in [0.4, 0.5) is 26.3 Å². The molecule has 2 aliphatic rings. The zero-order valence-electron chi connectivity index (χ0n) is 18.9. The molecule has 1 saturated carbocycles. The lowest BCUT2D eigenvalue weighted by Crippen LogP contribution is -2.34. The maximum absolute atomic E-state index is 13.2. The summed E-state index contributed by atoms with van der Waals surface area (Å²) in [6, 6.07) is 11.5. The second-order valence-corrected chi connectivity index (χ2v) is 9.65. The number of rotatable bonds is 7. The average molecular weight is 486 g/mol. The summed E-state index contributed by atoms with van der Waals surface area (Å²) in [5.41, 5.74) is -1.99. The van der Waals surface area contributed by atoms with Gasteiger partial charge in [-0.25, -0.2) is 0 Å². The Labute approximate surface area is 195 Å². The Morgan fingerprint density at radius 3 is 2.09 bits per heavy atom. The van der Waals surface area contributed by atoms with Crippen LogP contribution in [0.25, 0.3) is 0 Å². The van der Waals surface area contributed by atoms with Crippen LogP contribution in [0.1, 0.15) is 54.4 Å². The van der Waals surface area contributed by atoms with Crippen LogP contribution >= 0.6 is 0 Å². The molecule has 1 heterocycles. The van der Waals surface area contributed by atoms with Crippen molar-refractivity contribution in [1.82, 2.24) is 4.90 Å². The summed E-state index contributed by atoms with van der Waals surface area (Å²) in [4.78, 5) is 2.48. The van der Waals surface area contributed by atoms with Crippen molar-refractivity contribution in [3.05, 3.63) is 70.8 Å². The summed E-state index contributed by atoms with van der Waals surface area (Å²) in [6.45, 7) is 2.92. The van der Waals surface area contributed by atoms with Crippen LogP contribution in [-0.2, 0) is 29.1 Å². The molecule has 34 heavy (non-hydrogen) atoms. The zero-order chi connectivity index (χ0) is 24.4. The van der Waals surface area contributed by atoms with E-state index in [2.05, 4.69) is 4.90 Å². The van der Waals surface area contributed by atoms with Crippen LogP contribution in [0.2, 0.25) is 0 Å². The Morgan fingerprint density at radius 1 is 0.853 bits per heavy atom. The third kappa shape index (κ3) is 6.33. The molecular weight excluding hydrogens is 456 g/mol. The SMILES string of the molecule is FC(F)(F)c1cc(COCC2(c3ccccc3)CCCN(CC3CC3)CC2)cc(C(F)(F)F)c1. The lowest BCUT2D eigenvalue weighted by molar-refractivity contribution is -0.143. The van der Waals surface area contributed by atoms with Gasteiger partial charge < -0.3 is 9.64 Å². The van der Waals surface area contributed by atoms with Crippen LogP contribution in [0, 0.1) is 5.92 Å². The third-order valence-electron chi connectivity index (χ3n) is 6.93. The maximum Gasteiger partial charge on any atom is 0.416 e. The van der Waals surface area contributed by atoms with Crippen molar-refractivity contribution in [2.75, 3.05) is 26.2 Å². The molecular formula is C26H29F6NO. The average Bonchev–Trinajstić information content (AvgIpc) is 3.62. The van der Waals surface area contributed by atoms with E-state index in [0.29, 0.717) is 0 Å². The Bertz CT molecular complexity index is 922. The largest absolute Gasteiger partial charge is 0.416 e. The second-order valence-electron chi connectivity index (χ2n) is 9.65. The summed E-state index contributed by atoms with van der Waals surface area (Å²) in [6.07, 6.45) is -4.52. The molecule has 1 saturated heterocycles. The minimum Gasteiger partial charge on any atom is -0.376 e. The molecule has 0 bridgehead atoms. The lowest BCUT2D eigenvalue weighted by atomic mass is 9.75. The van der Waals surface area contributed by atoms with E-state index in [1.165, 1.54) is 12.8 Å². The van der Waals surface area contributed by atoms with Crippen LogP contribution < -0.4 is 0 Å². The van der Waals surface area contributed by atoms with E-state index < -0.39 is 23.5 Å². The first-order valence-corrected chi connectivity index (χ1v) is 11.7. The van der Waals surface area contributed by atoms with E-state index in [9.17, 15) is 26.3 Å². The quantitative estimate of drug-likeness (QED) is 0.389. The standard InChI is InChI=1S/C26H29F6NO/c27-25(28,29)22-13-20(14-23(15-22)26(30,31)32)17-34-18-24(21-5-2-1-3-6-21)9-4-11-33(12-10-24)16-19-7-8-19/h1-3,5-6,13-15,19H,4,7-12,16-18H2. The highest BCUT2D eigenvalue weighted by Crippen LogP contribution is 2.39. The van der Waals surface area contributed by atoms with Gasteiger partial charge in [-0.1, -0.05) is 30.3 Å². The van der Waals surface area contributed by atoms with E-state index in [1.54, 1.807) is 0 Å². The Balaban J connectivity index is 1.51. The van der Waals surface area contributed by atoms with E-state index in [1.807, 2.05) is 30.3 Å². The van der Waals surface area contributed by atoms with Gasteiger partial charge in [-0.3, -0.25) is 0 Å². The van der Waals surface area contributed by atoms with E-state index in [-0.39, 0.29) is 30.3 Å². The van der Waals surface area contributed by atoms with E-state index in [4.69, 9.17) is 4.74 Å². The normalized spacial score (nSPS) is 22.5. The van der Waals surface area contributed by atoms with Crippen LogP contribution in [0.15, 0.2) is 48.5 Å². The van der Waals surface area contributed by atoms with Crippen molar-refractivity contribution in [3.8, 4) is 0 Å². The molecule has 8 heteroatoms. The summed E-state index contributed by atoms with van der Waals surface area (Å²) in [5.74, 6) is 0.782. The van der Waals surface area contributed by atoms with Gasteiger partial charge in [-0.05, 0) is 80.4 Å². The summed E-state index contributed by atoms with van der Waals surface area (Å²) >= 11 is 0. The molecule has 0 radical (unpaired) electrons. The number of hydrogen-bond acceptors (Lipinski definition) is 2. The second kappa shape index (κ2) is 9.90. The molecule has 0 N–H and O–H groups in total. The van der Waals surface area contributed by atoms with E-state index >= 15 is 0 Å². The maximum atomic E-state index is 13.2. The highest BCUT2D eigenvalue weighted by atomic mass is 19.4. The Hall–Kier alpha value is -2.06. The molecule has 0 spiro atoms. The molecule has 2 aromatic carbocycles. The molecule has 0 aromatic heterocycles. The predicted molar refractivity (Wildman–Crippen MR) is 117 cm³/mol. The molecule has 2 nitrogen and oxygen atoms in total. The van der Waals surface area contributed by atoms with Crippen molar-refractivity contribution < 1.29 is 31.1 Å². The molecule has 1 atom stereocenters. The van der Waals surface area contributed by atoms with Gasteiger partial charge in [0.2, 0.25) is 0 Å². The lowest BCUT2D eigenvalue weighted by Gasteiger charge is -2.33. The number of halogens is 6. The first-order valence-electron chi connectivity index (χ1n) is 11.7. The van der Waals surface area contributed by atoms with Gasteiger partial charge >= 0.3 is 12.4 Å². The highest BCUT2D eigenvalue weighted by molar-refractivity contribution is 5.33. The molecule has 4 rings (SSSR count). The van der Waals surface area contributed by atoms with Gasteiger partial charge in [-0.15, -0.1) is 0 Å². The minimum absolute atomic E-state index is 0.130. The van der Waals surface area contributed by atoms with Crippen molar-refractivity contribution >= 4 is 0 Å². The number of hydrogen-bond donors (Lipinski definition) is 0. The van der Waals surface area contributed by atoms with Crippen LogP contribution in [0.3, 0.4) is 0 Å². The molecule has 1 aliphatic heterocycles. The van der Waals surface area contributed by atoms with Crippen LogP contribution in [0.5, 0.6) is 0 Å². The molecule has 2 fully saturated rings. The predicted octanol–water partition coefficient (Wildman–Crippen LogP) is 7.07. The summed E-state index contributed by atoms with van der Waals surface area (Å²) in [5, 5.41) is 0. The molecule has 0 amide bonds. The zero-order valence-corrected chi connectivity index (χ0v) is 18.9. The number of nitrogens with zero attached hydrogens (tertiary/aromatic N) is 1. The number of alkyl halides is 6. The Morgan fingerprint density at radius 2 is 1.50 bits per heavy atom. The fraction of sp³-hybridized carbons (Fsp3) is 0.538. The number of ether oxygens (including phenoxy) is 1. The fourth-order valence-corrected chi connectivity index (χ4v) is 4.87. The Kier molecular flexibility index (Phi) is 7.29.